The molecule has 1 heterocycles. The van der Waals surface area contributed by atoms with Crippen molar-refractivity contribution in [2.75, 3.05) is 0 Å². The standard InChI is InChI=1S/C16H16Cl2N4O/c17-12-3-2-9(6-13(12)18)10-7-11(10)14(23)21-16(4-1-5-16)15-19-8-20-22-15/h2-3,6,8,10-11H,1,4-5,7H2,(H,21,23)(H,19,20,22)/t10-,11-/m1/s1. The second-order valence-corrected chi connectivity index (χ2v) is 7.20. The minimum Gasteiger partial charge on any atom is -0.343 e. The number of aromatic amines is 1. The third-order valence-corrected chi connectivity index (χ3v) is 5.68. The summed E-state index contributed by atoms with van der Waals surface area (Å²) in [5.74, 6) is 1.05. The van der Waals surface area contributed by atoms with Gasteiger partial charge >= 0.3 is 0 Å². The first kappa shape index (κ1) is 15.0. The minimum absolute atomic E-state index is 0.00682. The summed E-state index contributed by atoms with van der Waals surface area (Å²) in [5, 5.41) is 11.1. The number of aromatic nitrogens is 3. The first-order chi connectivity index (χ1) is 11.1. The van der Waals surface area contributed by atoms with E-state index in [2.05, 4.69) is 20.5 Å². The summed E-state index contributed by atoms with van der Waals surface area (Å²) in [5.41, 5.74) is 0.708. The SMILES string of the molecule is O=C(NC1(c2ncn[nH]2)CCC1)[C@@H]1C[C@@H]1c1ccc(Cl)c(Cl)c1. The molecule has 1 aromatic carbocycles. The molecule has 2 fully saturated rings. The summed E-state index contributed by atoms with van der Waals surface area (Å²) >= 11 is 12.0. The third-order valence-electron chi connectivity index (χ3n) is 4.94. The van der Waals surface area contributed by atoms with Crippen LogP contribution >= 0.6 is 23.2 Å². The van der Waals surface area contributed by atoms with Crippen LogP contribution in [-0.4, -0.2) is 21.1 Å². The van der Waals surface area contributed by atoms with Crippen molar-refractivity contribution in [2.45, 2.75) is 37.1 Å². The maximum Gasteiger partial charge on any atom is 0.224 e. The molecule has 0 radical (unpaired) electrons. The topological polar surface area (TPSA) is 70.7 Å². The Labute approximate surface area is 143 Å². The molecule has 0 aliphatic heterocycles. The molecule has 120 valence electrons. The van der Waals surface area contributed by atoms with Gasteiger partial charge in [0.25, 0.3) is 0 Å². The number of benzene rings is 1. The molecule has 2 aromatic rings. The van der Waals surface area contributed by atoms with Crippen molar-refractivity contribution < 1.29 is 4.79 Å². The predicted octanol–water partition coefficient (Wildman–Crippen LogP) is 3.41. The average molecular weight is 351 g/mol. The molecular formula is C16H16Cl2N4O. The fourth-order valence-corrected chi connectivity index (χ4v) is 3.62. The van der Waals surface area contributed by atoms with E-state index in [1.165, 1.54) is 6.33 Å². The van der Waals surface area contributed by atoms with Crippen LogP contribution in [-0.2, 0) is 10.3 Å². The molecule has 4 rings (SSSR count). The Kier molecular flexibility index (Phi) is 3.58. The molecule has 7 heteroatoms. The van der Waals surface area contributed by atoms with Crippen LogP contribution in [0.4, 0.5) is 0 Å². The van der Waals surface area contributed by atoms with Crippen LogP contribution in [0.1, 0.15) is 43.0 Å². The number of H-pyrrole nitrogens is 1. The maximum atomic E-state index is 12.6. The number of rotatable bonds is 4. The second kappa shape index (κ2) is 5.49. The van der Waals surface area contributed by atoms with Gasteiger partial charge in [0.1, 0.15) is 12.2 Å². The lowest BCUT2D eigenvalue weighted by Gasteiger charge is -2.40. The van der Waals surface area contributed by atoms with E-state index >= 15 is 0 Å². The van der Waals surface area contributed by atoms with Crippen LogP contribution in [0.2, 0.25) is 10.0 Å². The van der Waals surface area contributed by atoms with Crippen molar-refractivity contribution in [3.05, 3.63) is 46.0 Å². The highest BCUT2D eigenvalue weighted by Gasteiger charge is 2.49. The van der Waals surface area contributed by atoms with Gasteiger partial charge in [0.2, 0.25) is 5.91 Å². The molecule has 23 heavy (non-hydrogen) atoms. The highest BCUT2D eigenvalue weighted by Crippen LogP contribution is 2.50. The van der Waals surface area contributed by atoms with E-state index in [4.69, 9.17) is 23.2 Å². The molecule has 0 bridgehead atoms. The van der Waals surface area contributed by atoms with Crippen LogP contribution < -0.4 is 5.32 Å². The number of carbonyl (C=O) groups is 1. The van der Waals surface area contributed by atoms with E-state index in [0.717, 1.165) is 37.1 Å². The highest BCUT2D eigenvalue weighted by molar-refractivity contribution is 6.42. The van der Waals surface area contributed by atoms with E-state index in [0.29, 0.717) is 10.0 Å². The van der Waals surface area contributed by atoms with Gasteiger partial charge in [-0.3, -0.25) is 9.89 Å². The van der Waals surface area contributed by atoms with Crippen LogP contribution in [0, 0.1) is 5.92 Å². The lowest BCUT2D eigenvalue weighted by molar-refractivity contribution is -0.125. The van der Waals surface area contributed by atoms with Crippen molar-refractivity contribution >= 4 is 29.1 Å². The minimum atomic E-state index is -0.363. The van der Waals surface area contributed by atoms with Gasteiger partial charge in [-0.1, -0.05) is 29.3 Å². The van der Waals surface area contributed by atoms with Crippen molar-refractivity contribution in [1.29, 1.82) is 0 Å². The summed E-state index contributed by atoms with van der Waals surface area (Å²) < 4.78 is 0. The zero-order chi connectivity index (χ0) is 16.0. The Morgan fingerprint density at radius 1 is 1.30 bits per heavy atom. The van der Waals surface area contributed by atoms with Crippen LogP contribution in [0.5, 0.6) is 0 Å². The molecule has 5 nitrogen and oxygen atoms in total. The number of hydrogen-bond donors (Lipinski definition) is 2. The van der Waals surface area contributed by atoms with E-state index < -0.39 is 0 Å². The number of halogens is 2. The molecule has 2 N–H and O–H groups in total. The molecule has 2 aliphatic carbocycles. The first-order valence-corrected chi connectivity index (χ1v) is 8.47. The number of nitrogens with zero attached hydrogens (tertiary/aromatic N) is 2. The van der Waals surface area contributed by atoms with E-state index in [1.54, 1.807) is 6.07 Å². The predicted molar refractivity (Wildman–Crippen MR) is 87.4 cm³/mol. The molecule has 1 aromatic heterocycles. The van der Waals surface area contributed by atoms with Gasteiger partial charge in [0, 0.05) is 5.92 Å². The zero-order valence-electron chi connectivity index (χ0n) is 12.4. The summed E-state index contributed by atoms with van der Waals surface area (Å²) in [6, 6.07) is 5.59. The fourth-order valence-electron chi connectivity index (χ4n) is 3.31. The lowest BCUT2D eigenvalue weighted by atomic mass is 9.76. The van der Waals surface area contributed by atoms with Crippen molar-refractivity contribution in [2.24, 2.45) is 5.92 Å². The Morgan fingerprint density at radius 3 is 2.74 bits per heavy atom. The van der Waals surface area contributed by atoms with Crippen LogP contribution in [0.25, 0.3) is 0 Å². The molecular weight excluding hydrogens is 335 g/mol. The molecule has 0 unspecified atom stereocenters. The maximum absolute atomic E-state index is 12.6. The smallest absolute Gasteiger partial charge is 0.224 e. The lowest BCUT2D eigenvalue weighted by Crippen LogP contribution is -2.52. The number of carbonyl (C=O) groups excluding carboxylic acids is 1. The van der Waals surface area contributed by atoms with Gasteiger partial charge in [-0.15, -0.1) is 0 Å². The Morgan fingerprint density at radius 2 is 2.13 bits per heavy atom. The van der Waals surface area contributed by atoms with Crippen LogP contribution in [0.15, 0.2) is 24.5 Å². The zero-order valence-corrected chi connectivity index (χ0v) is 13.9. The van der Waals surface area contributed by atoms with Crippen molar-refractivity contribution in [3.63, 3.8) is 0 Å². The van der Waals surface area contributed by atoms with Crippen molar-refractivity contribution in [3.8, 4) is 0 Å². The van der Waals surface area contributed by atoms with E-state index in [1.807, 2.05) is 12.1 Å². The monoisotopic (exact) mass is 350 g/mol. The Balaban J connectivity index is 1.46. The van der Waals surface area contributed by atoms with Gasteiger partial charge in [-0.05, 0) is 49.3 Å². The highest BCUT2D eigenvalue weighted by atomic mass is 35.5. The third kappa shape index (κ3) is 2.62. The first-order valence-electron chi connectivity index (χ1n) is 7.72. The number of hydrogen-bond acceptors (Lipinski definition) is 3. The molecule has 2 atom stereocenters. The molecule has 0 spiro atoms. The molecule has 2 aliphatic rings. The van der Waals surface area contributed by atoms with Crippen molar-refractivity contribution in [1.82, 2.24) is 20.5 Å². The normalized spacial score (nSPS) is 24.8. The molecule has 2 saturated carbocycles. The Bertz CT molecular complexity index is 743. The second-order valence-electron chi connectivity index (χ2n) is 6.38. The molecule has 1 amide bonds. The molecule has 0 saturated heterocycles. The van der Waals surface area contributed by atoms with Gasteiger partial charge in [-0.25, -0.2) is 4.98 Å². The number of amides is 1. The summed E-state index contributed by atoms with van der Waals surface area (Å²) in [6.45, 7) is 0. The largest absolute Gasteiger partial charge is 0.343 e. The van der Waals surface area contributed by atoms with Gasteiger partial charge in [0.15, 0.2) is 0 Å². The quantitative estimate of drug-likeness (QED) is 0.887. The summed E-state index contributed by atoms with van der Waals surface area (Å²) in [4.78, 5) is 16.8. The van der Waals surface area contributed by atoms with E-state index in [-0.39, 0.29) is 23.3 Å². The van der Waals surface area contributed by atoms with Crippen LogP contribution in [0.3, 0.4) is 0 Å². The summed E-state index contributed by atoms with van der Waals surface area (Å²) in [6.07, 6.45) is 5.21. The fraction of sp³-hybridized carbons (Fsp3) is 0.438. The number of nitrogens with one attached hydrogen (secondary N) is 2. The van der Waals surface area contributed by atoms with Gasteiger partial charge < -0.3 is 5.32 Å². The van der Waals surface area contributed by atoms with E-state index in [9.17, 15) is 4.79 Å². The summed E-state index contributed by atoms with van der Waals surface area (Å²) in [7, 11) is 0. The van der Waals surface area contributed by atoms with Gasteiger partial charge in [0.05, 0.1) is 15.6 Å². The van der Waals surface area contributed by atoms with Gasteiger partial charge in [-0.2, -0.15) is 5.10 Å². The average Bonchev–Trinajstić information content (AvgIpc) is 3.11. The Hall–Kier alpha value is -1.59.